The van der Waals surface area contributed by atoms with E-state index in [2.05, 4.69) is 12.2 Å². The van der Waals surface area contributed by atoms with Crippen molar-refractivity contribution in [3.8, 4) is 0 Å². The van der Waals surface area contributed by atoms with Crippen LogP contribution in [0.25, 0.3) is 0 Å². The molecule has 0 aromatic rings. The van der Waals surface area contributed by atoms with Gasteiger partial charge in [0.2, 0.25) is 5.91 Å². The molecule has 0 aromatic heterocycles. The summed E-state index contributed by atoms with van der Waals surface area (Å²) in [5.41, 5.74) is 0. The summed E-state index contributed by atoms with van der Waals surface area (Å²) < 4.78 is 0. The SMILES string of the molecule is CCCC(NC1CCC(=O)N(C)C1)C1CC1. The van der Waals surface area contributed by atoms with Gasteiger partial charge >= 0.3 is 0 Å². The number of likely N-dealkylation sites (tertiary alicyclic amines) is 1. The predicted molar refractivity (Wildman–Crippen MR) is 65.2 cm³/mol. The van der Waals surface area contributed by atoms with Gasteiger partial charge in [0.05, 0.1) is 0 Å². The maximum Gasteiger partial charge on any atom is 0.222 e. The van der Waals surface area contributed by atoms with Crippen molar-refractivity contribution in [1.82, 2.24) is 10.2 Å². The highest BCUT2D eigenvalue weighted by molar-refractivity contribution is 5.76. The standard InChI is InChI=1S/C13H24N2O/c1-3-4-12(10-5-6-10)14-11-7-8-13(16)15(2)9-11/h10-12,14H,3-9H2,1-2H3. The van der Waals surface area contributed by atoms with Gasteiger partial charge in [-0.3, -0.25) is 4.79 Å². The Morgan fingerprint density at radius 2 is 2.19 bits per heavy atom. The van der Waals surface area contributed by atoms with Gasteiger partial charge in [0.25, 0.3) is 0 Å². The van der Waals surface area contributed by atoms with Crippen LogP contribution < -0.4 is 5.32 Å². The summed E-state index contributed by atoms with van der Waals surface area (Å²) in [6, 6.07) is 1.23. The molecule has 1 saturated heterocycles. The zero-order valence-electron chi connectivity index (χ0n) is 10.5. The Morgan fingerprint density at radius 3 is 2.75 bits per heavy atom. The van der Waals surface area contributed by atoms with Gasteiger partial charge in [-0.05, 0) is 31.6 Å². The predicted octanol–water partition coefficient (Wildman–Crippen LogP) is 1.78. The number of amides is 1. The largest absolute Gasteiger partial charge is 0.344 e. The molecule has 2 rings (SSSR count). The molecule has 1 aliphatic carbocycles. The van der Waals surface area contributed by atoms with Crippen LogP contribution in [0.5, 0.6) is 0 Å². The number of hydrogen-bond acceptors (Lipinski definition) is 2. The second-order valence-corrected chi connectivity index (χ2v) is 5.41. The van der Waals surface area contributed by atoms with E-state index in [4.69, 9.17) is 0 Å². The van der Waals surface area contributed by atoms with Gasteiger partial charge < -0.3 is 10.2 Å². The molecule has 3 nitrogen and oxygen atoms in total. The minimum atomic E-state index is 0.302. The number of nitrogens with zero attached hydrogens (tertiary/aromatic N) is 1. The van der Waals surface area contributed by atoms with Gasteiger partial charge in [-0.15, -0.1) is 0 Å². The fourth-order valence-electron chi connectivity index (χ4n) is 2.72. The Kier molecular flexibility index (Phi) is 3.85. The van der Waals surface area contributed by atoms with E-state index in [-0.39, 0.29) is 0 Å². The van der Waals surface area contributed by atoms with Crippen molar-refractivity contribution < 1.29 is 4.79 Å². The third kappa shape index (κ3) is 2.97. The Morgan fingerprint density at radius 1 is 1.44 bits per heavy atom. The molecule has 2 unspecified atom stereocenters. The number of rotatable bonds is 5. The molecular weight excluding hydrogens is 200 g/mol. The molecule has 1 saturated carbocycles. The Bertz CT molecular complexity index is 250. The van der Waals surface area contributed by atoms with Crippen LogP contribution in [0.3, 0.4) is 0 Å². The zero-order chi connectivity index (χ0) is 11.5. The second kappa shape index (κ2) is 5.17. The number of nitrogens with one attached hydrogen (secondary N) is 1. The molecule has 1 heterocycles. The van der Waals surface area contributed by atoms with Crippen LogP contribution in [0, 0.1) is 5.92 Å². The van der Waals surface area contributed by atoms with E-state index in [0.717, 1.165) is 25.3 Å². The number of carbonyl (C=O) groups excluding carboxylic acids is 1. The van der Waals surface area contributed by atoms with E-state index in [1.165, 1.54) is 25.7 Å². The lowest BCUT2D eigenvalue weighted by Gasteiger charge is -2.33. The van der Waals surface area contributed by atoms with Crippen LogP contribution in [-0.2, 0) is 4.79 Å². The number of carbonyl (C=O) groups is 1. The third-order valence-electron chi connectivity index (χ3n) is 3.87. The van der Waals surface area contributed by atoms with Gasteiger partial charge in [-0.25, -0.2) is 0 Å². The van der Waals surface area contributed by atoms with E-state index < -0.39 is 0 Å². The normalized spacial score (nSPS) is 28.2. The van der Waals surface area contributed by atoms with Crippen LogP contribution in [-0.4, -0.2) is 36.5 Å². The fraction of sp³-hybridized carbons (Fsp3) is 0.923. The number of likely N-dealkylation sites (N-methyl/N-ethyl adjacent to an activating group) is 1. The Balaban J connectivity index is 1.80. The van der Waals surface area contributed by atoms with Crippen molar-refractivity contribution in [2.45, 2.75) is 57.5 Å². The average Bonchev–Trinajstić information content (AvgIpc) is 3.06. The van der Waals surface area contributed by atoms with E-state index in [0.29, 0.717) is 18.0 Å². The first-order valence-corrected chi connectivity index (χ1v) is 6.70. The zero-order valence-corrected chi connectivity index (χ0v) is 10.5. The summed E-state index contributed by atoms with van der Waals surface area (Å²) in [5.74, 6) is 1.22. The summed E-state index contributed by atoms with van der Waals surface area (Å²) in [4.78, 5) is 13.3. The first-order valence-electron chi connectivity index (χ1n) is 6.70. The maximum absolute atomic E-state index is 11.4. The van der Waals surface area contributed by atoms with E-state index >= 15 is 0 Å². The quantitative estimate of drug-likeness (QED) is 0.772. The van der Waals surface area contributed by atoms with Gasteiger partial charge in [0.1, 0.15) is 0 Å². The minimum absolute atomic E-state index is 0.302. The lowest BCUT2D eigenvalue weighted by molar-refractivity contribution is -0.132. The maximum atomic E-state index is 11.4. The van der Waals surface area contributed by atoms with Crippen LogP contribution >= 0.6 is 0 Å². The molecule has 3 heteroatoms. The highest BCUT2D eigenvalue weighted by atomic mass is 16.2. The summed E-state index contributed by atoms with van der Waals surface area (Å²) in [6.07, 6.45) is 7.10. The molecule has 0 spiro atoms. The first-order chi connectivity index (χ1) is 7.70. The van der Waals surface area contributed by atoms with Crippen molar-refractivity contribution >= 4 is 5.91 Å². The van der Waals surface area contributed by atoms with E-state index in [9.17, 15) is 4.79 Å². The smallest absolute Gasteiger partial charge is 0.222 e. The highest BCUT2D eigenvalue weighted by Crippen LogP contribution is 2.35. The summed E-state index contributed by atoms with van der Waals surface area (Å²) in [5, 5.41) is 3.78. The van der Waals surface area contributed by atoms with E-state index in [1.54, 1.807) is 0 Å². The summed E-state index contributed by atoms with van der Waals surface area (Å²) >= 11 is 0. The Hall–Kier alpha value is -0.570. The van der Waals surface area contributed by atoms with Crippen molar-refractivity contribution in [1.29, 1.82) is 0 Å². The van der Waals surface area contributed by atoms with Crippen molar-refractivity contribution in [2.75, 3.05) is 13.6 Å². The van der Waals surface area contributed by atoms with Crippen molar-refractivity contribution in [2.24, 2.45) is 5.92 Å². The lowest BCUT2D eigenvalue weighted by Crippen LogP contribution is -2.50. The fourth-order valence-corrected chi connectivity index (χ4v) is 2.72. The Labute approximate surface area is 98.6 Å². The molecule has 92 valence electrons. The molecule has 1 amide bonds. The number of hydrogen-bond donors (Lipinski definition) is 1. The van der Waals surface area contributed by atoms with Gasteiger partial charge in [0.15, 0.2) is 0 Å². The molecule has 0 radical (unpaired) electrons. The van der Waals surface area contributed by atoms with Crippen LogP contribution in [0.2, 0.25) is 0 Å². The van der Waals surface area contributed by atoms with Crippen LogP contribution in [0.15, 0.2) is 0 Å². The molecule has 1 aliphatic heterocycles. The molecule has 2 aliphatic rings. The van der Waals surface area contributed by atoms with Crippen molar-refractivity contribution in [3.05, 3.63) is 0 Å². The molecule has 16 heavy (non-hydrogen) atoms. The van der Waals surface area contributed by atoms with Crippen LogP contribution in [0.1, 0.15) is 45.4 Å². The van der Waals surface area contributed by atoms with Gasteiger partial charge in [-0.2, -0.15) is 0 Å². The summed E-state index contributed by atoms with van der Waals surface area (Å²) in [7, 11) is 1.92. The molecule has 0 bridgehead atoms. The minimum Gasteiger partial charge on any atom is -0.344 e. The van der Waals surface area contributed by atoms with Gasteiger partial charge in [0, 0.05) is 32.1 Å². The second-order valence-electron chi connectivity index (χ2n) is 5.41. The van der Waals surface area contributed by atoms with Crippen LogP contribution in [0.4, 0.5) is 0 Å². The molecule has 2 atom stereocenters. The first kappa shape index (κ1) is 11.9. The molecule has 2 fully saturated rings. The lowest BCUT2D eigenvalue weighted by atomic mass is 10.0. The molecular formula is C13H24N2O. The molecule has 0 aromatic carbocycles. The monoisotopic (exact) mass is 224 g/mol. The highest BCUT2D eigenvalue weighted by Gasteiger charge is 2.33. The number of piperidine rings is 1. The van der Waals surface area contributed by atoms with E-state index in [1.807, 2.05) is 11.9 Å². The molecule has 1 N–H and O–H groups in total. The van der Waals surface area contributed by atoms with Gasteiger partial charge in [-0.1, -0.05) is 13.3 Å². The van der Waals surface area contributed by atoms with Crippen molar-refractivity contribution in [3.63, 3.8) is 0 Å². The third-order valence-corrected chi connectivity index (χ3v) is 3.87. The summed E-state index contributed by atoms with van der Waals surface area (Å²) in [6.45, 7) is 3.15. The average molecular weight is 224 g/mol. The topological polar surface area (TPSA) is 32.3 Å².